The molecule has 0 atom stereocenters. The average molecular weight is 293 g/mol. The molecule has 17 heavy (non-hydrogen) atoms. The summed E-state index contributed by atoms with van der Waals surface area (Å²) in [7, 11) is 0. The van der Waals surface area contributed by atoms with Crippen LogP contribution in [0.1, 0.15) is 6.92 Å². The SMILES string of the molecule is CCOc1ccc(Nc2ncccc2Br)cc1. The standard InChI is InChI=1S/C13H13BrN2O/c1-2-17-11-7-5-10(6-8-11)16-13-12(14)4-3-9-15-13/h3-9H,2H2,1H3,(H,15,16). The third-order valence-corrected chi connectivity index (χ3v) is 2.83. The van der Waals surface area contributed by atoms with Crippen molar-refractivity contribution in [3.05, 3.63) is 47.1 Å². The zero-order chi connectivity index (χ0) is 12.1. The lowest BCUT2D eigenvalue weighted by Gasteiger charge is -2.08. The molecule has 0 aliphatic carbocycles. The van der Waals surface area contributed by atoms with Crippen molar-refractivity contribution in [2.45, 2.75) is 6.92 Å². The molecule has 1 aromatic carbocycles. The average Bonchev–Trinajstić information content (AvgIpc) is 2.35. The number of aromatic nitrogens is 1. The van der Waals surface area contributed by atoms with Crippen LogP contribution in [0.25, 0.3) is 0 Å². The number of rotatable bonds is 4. The molecule has 0 fully saturated rings. The van der Waals surface area contributed by atoms with Gasteiger partial charge >= 0.3 is 0 Å². The van der Waals surface area contributed by atoms with Gasteiger partial charge in [0.05, 0.1) is 11.1 Å². The molecular formula is C13H13BrN2O. The lowest BCUT2D eigenvalue weighted by atomic mass is 10.3. The number of hydrogen-bond acceptors (Lipinski definition) is 3. The molecule has 1 aromatic heterocycles. The van der Waals surface area contributed by atoms with E-state index in [1.165, 1.54) is 0 Å². The predicted molar refractivity (Wildman–Crippen MR) is 72.8 cm³/mol. The van der Waals surface area contributed by atoms with E-state index in [9.17, 15) is 0 Å². The number of ether oxygens (including phenoxy) is 1. The number of nitrogens with zero attached hydrogens (tertiary/aromatic N) is 1. The van der Waals surface area contributed by atoms with Gasteiger partial charge in [0.15, 0.2) is 0 Å². The molecule has 0 amide bonds. The van der Waals surface area contributed by atoms with Crippen LogP contribution in [0.3, 0.4) is 0 Å². The molecule has 2 aromatic rings. The highest BCUT2D eigenvalue weighted by Gasteiger charge is 2.00. The van der Waals surface area contributed by atoms with Crippen molar-refractivity contribution in [1.29, 1.82) is 0 Å². The summed E-state index contributed by atoms with van der Waals surface area (Å²) in [5.41, 5.74) is 0.979. The van der Waals surface area contributed by atoms with Gasteiger partial charge in [0, 0.05) is 11.9 Å². The summed E-state index contributed by atoms with van der Waals surface area (Å²) in [4.78, 5) is 4.24. The summed E-state index contributed by atoms with van der Waals surface area (Å²) in [6, 6.07) is 11.6. The fourth-order valence-electron chi connectivity index (χ4n) is 1.42. The molecule has 3 nitrogen and oxygen atoms in total. The maximum Gasteiger partial charge on any atom is 0.144 e. The van der Waals surface area contributed by atoms with E-state index in [1.54, 1.807) is 6.20 Å². The van der Waals surface area contributed by atoms with Crippen LogP contribution in [-0.4, -0.2) is 11.6 Å². The van der Waals surface area contributed by atoms with Crippen LogP contribution in [0.4, 0.5) is 11.5 Å². The van der Waals surface area contributed by atoms with E-state index in [-0.39, 0.29) is 0 Å². The molecule has 1 heterocycles. The monoisotopic (exact) mass is 292 g/mol. The van der Waals surface area contributed by atoms with E-state index in [0.717, 1.165) is 21.7 Å². The van der Waals surface area contributed by atoms with Gasteiger partial charge in [-0.25, -0.2) is 4.98 Å². The first-order valence-corrected chi connectivity index (χ1v) is 6.19. The first-order valence-electron chi connectivity index (χ1n) is 5.40. The molecule has 2 rings (SSSR count). The molecule has 0 bridgehead atoms. The van der Waals surface area contributed by atoms with Gasteiger partial charge in [-0.1, -0.05) is 0 Å². The second-order valence-electron chi connectivity index (χ2n) is 3.42. The van der Waals surface area contributed by atoms with Gasteiger partial charge in [0.1, 0.15) is 11.6 Å². The van der Waals surface area contributed by atoms with Crippen molar-refractivity contribution < 1.29 is 4.74 Å². The molecule has 0 unspecified atom stereocenters. The van der Waals surface area contributed by atoms with Gasteiger partial charge in [-0.15, -0.1) is 0 Å². The lowest BCUT2D eigenvalue weighted by Crippen LogP contribution is -1.95. The maximum atomic E-state index is 5.38. The Morgan fingerprint density at radius 2 is 2.00 bits per heavy atom. The highest BCUT2D eigenvalue weighted by molar-refractivity contribution is 9.10. The van der Waals surface area contributed by atoms with E-state index in [0.29, 0.717) is 6.61 Å². The van der Waals surface area contributed by atoms with Crippen LogP contribution in [0.15, 0.2) is 47.1 Å². The highest BCUT2D eigenvalue weighted by atomic mass is 79.9. The van der Waals surface area contributed by atoms with Gasteiger partial charge in [0.2, 0.25) is 0 Å². The minimum atomic E-state index is 0.679. The highest BCUT2D eigenvalue weighted by Crippen LogP contribution is 2.24. The zero-order valence-electron chi connectivity index (χ0n) is 9.48. The minimum absolute atomic E-state index is 0.679. The normalized spacial score (nSPS) is 10.0. The fourth-order valence-corrected chi connectivity index (χ4v) is 1.77. The van der Waals surface area contributed by atoms with E-state index >= 15 is 0 Å². The number of nitrogens with one attached hydrogen (secondary N) is 1. The van der Waals surface area contributed by atoms with E-state index in [2.05, 4.69) is 26.2 Å². The Balaban J connectivity index is 2.11. The fraction of sp³-hybridized carbons (Fsp3) is 0.154. The third-order valence-electron chi connectivity index (χ3n) is 2.19. The van der Waals surface area contributed by atoms with Gasteiger partial charge in [0.25, 0.3) is 0 Å². The Morgan fingerprint density at radius 1 is 1.24 bits per heavy atom. The maximum absolute atomic E-state index is 5.38. The molecule has 88 valence electrons. The van der Waals surface area contributed by atoms with Crippen LogP contribution < -0.4 is 10.1 Å². The minimum Gasteiger partial charge on any atom is -0.494 e. The Morgan fingerprint density at radius 3 is 2.65 bits per heavy atom. The summed E-state index contributed by atoms with van der Waals surface area (Å²) in [5, 5.41) is 3.23. The van der Waals surface area contributed by atoms with Gasteiger partial charge < -0.3 is 10.1 Å². The van der Waals surface area contributed by atoms with Crippen molar-refractivity contribution in [3.63, 3.8) is 0 Å². The zero-order valence-corrected chi connectivity index (χ0v) is 11.1. The predicted octanol–water partition coefficient (Wildman–Crippen LogP) is 3.99. The van der Waals surface area contributed by atoms with E-state index < -0.39 is 0 Å². The smallest absolute Gasteiger partial charge is 0.144 e. The summed E-state index contributed by atoms with van der Waals surface area (Å²) < 4.78 is 6.32. The van der Waals surface area contributed by atoms with Crippen LogP contribution in [-0.2, 0) is 0 Å². The molecule has 0 radical (unpaired) electrons. The second kappa shape index (κ2) is 5.68. The van der Waals surface area contributed by atoms with Gasteiger partial charge in [-0.2, -0.15) is 0 Å². The lowest BCUT2D eigenvalue weighted by molar-refractivity contribution is 0.340. The quantitative estimate of drug-likeness (QED) is 0.925. The second-order valence-corrected chi connectivity index (χ2v) is 4.27. The number of hydrogen-bond donors (Lipinski definition) is 1. The molecule has 1 N–H and O–H groups in total. The molecule has 0 saturated heterocycles. The number of benzene rings is 1. The Bertz CT molecular complexity index is 485. The van der Waals surface area contributed by atoms with Crippen LogP contribution >= 0.6 is 15.9 Å². The summed E-state index contributed by atoms with van der Waals surface area (Å²) in [6.45, 7) is 2.65. The first kappa shape index (κ1) is 11.9. The molecule has 0 aliphatic heterocycles. The van der Waals surface area contributed by atoms with E-state index in [4.69, 9.17) is 4.74 Å². The summed E-state index contributed by atoms with van der Waals surface area (Å²) in [6.07, 6.45) is 1.75. The van der Waals surface area contributed by atoms with Gasteiger partial charge in [-0.3, -0.25) is 0 Å². The van der Waals surface area contributed by atoms with Crippen molar-refractivity contribution in [2.75, 3.05) is 11.9 Å². The van der Waals surface area contributed by atoms with Crippen LogP contribution in [0, 0.1) is 0 Å². The summed E-state index contributed by atoms with van der Waals surface area (Å²) >= 11 is 3.44. The Labute approximate surface area is 109 Å². The van der Waals surface area contributed by atoms with Crippen LogP contribution in [0.5, 0.6) is 5.75 Å². The third kappa shape index (κ3) is 3.20. The van der Waals surface area contributed by atoms with Crippen LogP contribution in [0.2, 0.25) is 0 Å². The van der Waals surface area contributed by atoms with Crippen molar-refractivity contribution in [2.24, 2.45) is 0 Å². The van der Waals surface area contributed by atoms with Crippen molar-refractivity contribution in [1.82, 2.24) is 4.98 Å². The van der Waals surface area contributed by atoms with Gasteiger partial charge in [-0.05, 0) is 59.3 Å². The summed E-state index contributed by atoms with van der Waals surface area (Å²) in [5.74, 6) is 1.68. The topological polar surface area (TPSA) is 34.1 Å². The number of anilines is 2. The molecule has 0 saturated carbocycles. The number of halogens is 1. The molecule has 0 aliphatic rings. The van der Waals surface area contributed by atoms with Crippen molar-refractivity contribution in [3.8, 4) is 5.75 Å². The Hall–Kier alpha value is -1.55. The van der Waals surface area contributed by atoms with E-state index in [1.807, 2.05) is 43.3 Å². The number of pyridine rings is 1. The van der Waals surface area contributed by atoms with Crippen molar-refractivity contribution >= 4 is 27.4 Å². The molecule has 4 heteroatoms. The molecule has 0 spiro atoms. The largest absolute Gasteiger partial charge is 0.494 e. The molecular weight excluding hydrogens is 280 g/mol. The first-order chi connectivity index (χ1) is 8.29. The Kier molecular flexibility index (Phi) is 3.98.